The average molecular weight is 322 g/mol. The number of halogens is 1. The molecular formula is C10H11IS2. The Labute approximate surface area is 101 Å². The summed E-state index contributed by atoms with van der Waals surface area (Å²) in [5.74, 6) is 2.65. The van der Waals surface area contributed by atoms with Gasteiger partial charge in [-0.05, 0) is 58.2 Å². The van der Waals surface area contributed by atoms with E-state index in [2.05, 4.69) is 70.4 Å². The van der Waals surface area contributed by atoms with E-state index in [0.29, 0.717) is 4.58 Å². The van der Waals surface area contributed by atoms with Crippen LogP contribution < -0.4 is 0 Å². The van der Waals surface area contributed by atoms with E-state index in [1.54, 1.807) is 0 Å². The second kappa shape index (κ2) is 4.94. The van der Waals surface area contributed by atoms with Crippen molar-refractivity contribution in [1.82, 2.24) is 0 Å². The van der Waals surface area contributed by atoms with Crippen molar-refractivity contribution < 1.29 is 0 Å². The average Bonchev–Trinajstić information content (AvgIpc) is 2.20. The lowest BCUT2D eigenvalue weighted by atomic mass is 10.2. The fraction of sp³-hybridized carbons (Fsp3) is 0.400. The van der Waals surface area contributed by atoms with Crippen LogP contribution >= 0.6 is 46.1 Å². The van der Waals surface area contributed by atoms with Gasteiger partial charge in [-0.1, -0.05) is 12.1 Å². The molecule has 0 spiro atoms. The third kappa shape index (κ3) is 2.80. The highest BCUT2D eigenvalue weighted by molar-refractivity contribution is 14.1. The minimum absolute atomic E-state index is 0.686. The van der Waals surface area contributed by atoms with Gasteiger partial charge in [-0.25, -0.2) is 0 Å². The van der Waals surface area contributed by atoms with Gasteiger partial charge in [-0.15, -0.1) is 23.5 Å². The van der Waals surface area contributed by atoms with Crippen LogP contribution in [0, 0.1) is 3.57 Å². The van der Waals surface area contributed by atoms with Crippen LogP contribution in [0.15, 0.2) is 24.3 Å². The third-order valence-corrected chi connectivity index (χ3v) is 5.70. The van der Waals surface area contributed by atoms with Gasteiger partial charge in [0.2, 0.25) is 0 Å². The molecule has 2 rings (SSSR count). The molecule has 1 aliphatic heterocycles. The summed E-state index contributed by atoms with van der Waals surface area (Å²) in [5, 5.41) is 0. The highest BCUT2D eigenvalue weighted by Gasteiger charge is 2.15. The molecule has 0 saturated carbocycles. The lowest BCUT2D eigenvalue weighted by molar-refractivity contribution is 1.10. The second-order valence-corrected chi connectivity index (χ2v) is 6.95. The van der Waals surface area contributed by atoms with Gasteiger partial charge >= 0.3 is 0 Å². The zero-order valence-electron chi connectivity index (χ0n) is 7.20. The molecule has 0 aliphatic carbocycles. The highest BCUT2D eigenvalue weighted by Crippen LogP contribution is 2.43. The van der Waals surface area contributed by atoms with Gasteiger partial charge in [-0.3, -0.25) is 0 Å². The summed E-state index contributed by atoms with van der Waals surface area (Å²) in [6.45, 7) is 0. The molecule has 1 heterocycles. The normalized spacial score (nSPS) is 18.8. The topological polar surface area (TPSA) is 0 Å². The minimum atomic E-state index is 0.686. The van der Waals surface area contributed by atoms with Crippen molar-refractivity contribution in [1.29, 1.82) is 0 Å². The minimum Gasteiger partial charge on any atom is -0.143 e. The Morgan fingerprint density at radius 1 is 1.08 bits per heavy atom. The Morgan fingerprint density at radius 3 is 2.31 bits per heavy atom. The smallest absolute Gasteiger partial charge is 0.0751 e. The molecule has 1 aromatic rings. The predicted octanol–water partition coefficient (Wildman–Crippen LogP) is 4.16. The van der Waals surface area contributed by atoms with Crippen LogP contribution in [0.5, 0.6) is 0 Å². The van der Waals surface area contributed by atoms with Gasteiger partial charge in [0.1, 0.15) is 0 Å². The molecule has 0 atom stereocenters. The Kier molecular flexibility index (Phi) is 3.86. The zero-order valence-corrected chi connectivity index (χ0v) is 11.0. The van der Waals surface area contributed by atoms with E-state index in [1.807, 2.05) is 0 Å². The number of benzene rings is 1. The molecule has 70 valence electrons. The first-order valence-electron chi connectivity index (χ1n) is 4.35. The van der Waals surface area contributed by atoms with E-state index in [-0.39, 0.29) is 0 Å². The van der Waals surface area contributed by atoms with Gasteiger partial charge in [0.25, 0.3) is 0 Å². The van der Waals surface area contributed by atoms with E-state index in [0.717, 1.165) is 0 Å². The van der Waals surface area contributed by atoms with Crippen molar-refractivity contribution in [3.8, 4) is 0 Å². The summed E-state index contributed by atoms with van der Waals surface area (Å²) in [7, 11) is 0. The van der Waals surface area contributed by atoms with Crippen molar-refractivity contribution >= 4 is 46.1 Å². The van der Waals surface area contributed by atoms with Crippen LogP contribution in [-0.4, -0.2) is 11.5 Å². The SMILES string of the molecule is Ic1ccc(C2SCCCS2)cc1. The van der Waals surface area contributed by atoms with Crippen molar-refractivity contribution in [3.05, 3.63) is 33.4 Å². The van der Waals surface area contributed by atoms with Crippen LogP contribution in [0.25, 0.3) is 0 Å². The summed E-state index contributed by atoms with van der Waals surface area (Å²) < 4.78 is 2.01. The molecule has 1 fully saturated rings. The Hall–Kier alpha value is 0.650. The quantitative estimate of drug-likeness (QED) is 0.712. The summed E-state index contributed by atoms with van der Waals surface area (Å²) in [6, 6.07) is 8.92. The Morgan fingerprint density at radius 2 is 1.69 bits per heavy atom. The number of hydrogen-bond donors (Lipinski definition) is 0. The van der Waals surface area contributed by atoms with Gasteiger partial charge in [0.15, 0.2) is 0 Å². The second-order valence-electron chi connectivity index (χ2n) is 2.98. The van der Waals surface area contributed by atoms with E-state index >= 15 is 0 Å². The lowest BCUT2D eigenvalue weighted by Gasteiger charge is -2.21. The molecule has 0 bridgehead atoms. The molecule has 0 aromatic heterocycles. The lowest BCUT2D eigenvalue weighted by Crippen LogP contribution is -1.99. The first-order valence-corrected chi connectivity index (χ1v) is 7.52. The molecular weight excluding hydrogens is 311 g/mol. The molecule has 0 amide bonds. The van der Waals surface area contributed by atoms with Crippen molar-refractivity contribution in [3.63, 3.8) is 0 Å². The molecule has 0 nitrogen and oxygen atoms in total. The van der Waals surface area contributed by atoms with E-state index in [9.17, 15) is 0 Å². The first kappa shape index (κ1) is 10.2. The number of hydrogen-bond acceptors (Lipinski definition) is 2. The summed E-state index contributed by atoms with van der Waals surface area (Å²) in [6.07, 6.45) is 1.37. The van der Waals surface area contributed by atoms with Crippen LogP contribution in [0.2, 0.25) is 0 Å². The van der Waals surface area contributed by atoms with Gasteiger partial charge in [0.05, 0.1) is 4.58 Å². The maximum atomic E-state index is 2.35. The first-order chi connectivity index (χ1) is 6.36. The fourth-order valence-corrected chi connectivity index (χ4v) is 4.55. The monoisotopic (exact) mass is 322 g/mol. The van der Waals surface area contributed by atoms with Gasteiger partial charge in [-0.2, -0.15) is 0 Å². The largest absolute Gasteiger partial charge is 0.143 e. The maximum absolute atomic E-state index is 2.35. The van der Waals surface area contributed by atoms with Crippen LogP contribution in [0.3, 0.4) is 0 Å². The van der Waals surface area contributed by atoms with Gasteiger partial charge < -0.3 is 0 Å². The molecule has 0 N–H and O–H groups in total. The summed E-state index contributed by atoms with van der Waals surface area (Å²) >= 11 is 6.52. The summed E-state index contributed by atoms with van der Waals surface area (Å²) in [5.41, 5.74) is 1.48. The molecule has 0 radical (unpaired) electrons. The van der Waals surface area contributed by atoms with E-state index in [1.165, 1.54) is 27.1 Å². The molecule has 1 saturated heterocycles. The Bertz CT molecular complexity index is 265. The van der Waals surface area contributed by atoms with Gasteiger partial charge in [0, 0.05) is 3.57 Å². The predicted molar refractivity (Wildman–Crippen MR) is 71.4 cm³/mol. The molecule has 1 aliphatic rings. The Balaban J connectivity index is 2.10. The van der Waals surface area contributed by atoms with Crippen molar-refractivity contribution in [2.75, 3.05) is 11.5 Å². The standard InChI is InChI=1S/C10H11IS2/c11-9-4-2-8(3-5-9)10-12-6-1-7-13-10/h2-5,10H,1,6-7H2. The van der Waals surface area contributed by atoms with E-state index < -0.39 is 0 Å². The molecule has 1 aromatic carbocycles. The highest BCUT2D eigenvalue weighted by atomic mass is 127. The van der Waals surface area contributed by atoms with Crippen LogP contribution in [0.1, 0.15) is 16.6 Å². The zero-order chi connectivity index (χ0) is 9.10. The molecule has 3 heteroatoms. The number of rotatable bonds is 1. The van der Waals surface area contributed by atoms with Crippen molar-refractivity contribution in [2.24, 2.45) is 0 Å². The molecule has 13 heavy (non-hydrogen) atoms. The maximum Gasteiger partial charge on any atom is 0.0751 e. The van der Waals surface area contributed by atoms with Crippen molar-refractivity contribution in [2.45, 2.75) is 11.0 Å². The summed E-state index contributed by atoms with van der Waals surface area (Å²) in [4.78, 5) is 0. The van der Waals surface area contributed by atoms with Crippen LogP contribution in [-0.2, 0) is 0 Å². The fourth-order valence-electron chi connectivity index (χ4n) is 1.30. The third-order valence-electron chi connectivity index (χ3n) is 1.97. The number of thioether (sulfide) groups is 2. The van der Waals surface area contributed by atoms with Crippen LogP contribution in [0.4, 0.5) is 0 Å². The van der Waals surface area contributed by atoms with E-state index in [4.69, 9.17) is 0 Å². The molecule has 0 unspecified atom stereocenters.